The first-order valence-corrected chi connectivity index (χ1v) is 5.15. The van der Waals surface area contributed by atoms with Crippen molar-refractivity contribution < 1.29 is 9.84 Å². The summed E-state index contributed by atoms with van der Waals surface area (Å²) in [5.74, 6) is 0.571. The molecule has 3 nitrogen and oxygen atoms in total. The lowest BCUT2D eigenvalue weighted by Gasteiger charge is -2.27. The van der Waals surface area contributed by atoms with E-state index in [-0.39, 0.29) is 0 Å². The zero-order chi connectivity index (χ0) is 10.7. The molecule has 1 aromatic heterocycles. The fourth-order valence-electron chi connectivity index (χ4n) is 1.85. The number of hydrogen-bond donors (Lipinski definition) is 1. The van der Waals surface area contributed by atoms with Crippen molar-refractivity contribution in [3.05, 3.63) is 36.0 Å². The predicted molar refractivity (Wildman–Crippen MR) is 57.7 cm³/mol. The van der Waals surface area contributed by atoms with Crippen molar-refractivity contribution in [2.24, 2.45) is 0 Å². The van der Waals surface area contributed by atoms with E-state index < -0.39 is 5.60 Å². The molecule has 1 aliphatic rings. The summed E-state index contributed by atoms with van der Waals surface area (Å²) in [5, 5.41) is 10.3. The first-order chi connectivity index (χ1) is 7.24. The number of hydrogen-bond acceptors (Lipinski definition) is 3. The fraction of sp³-hybridized carbons (Fsp3) is 0.417. The first-order valence-electron chi connectivity index (χ1n) is 5.15. The summed E-state index contributed by atoms with van der Waals surface area (Å²) in [7, 11) is 1.58. The van der Waals surface area contributed by atoms with Gasteiger partial charge in [-0.05, 0) is 25.3 Å². The molecule has 80 valence electrons. The van der Waals surface area contributed by atoms with Crippen molar-refractivity contribution in [1.29, 1.82) is 0 Å². The molecule has 1 aliphatic carbocycles. The van der Waals surface area contributed by atoms with Gasteiger partial charge in [0.25, 0.3) is 0 Å². The third-order valence-corrected chi connectivity index (χ3v) is 2.77. The predicted octanol–water partition coefficient (Wildman–Crippen LogP) is 2.02. The summed E-state index contributed by atoms with van der Waals surface area (Å²) >= 11 is 0. The van der Waals surface area contributed by atoms with Gasteiger partial charge in [0.2, 0.25) is 5.88 Å². The molecule has 1 aromatic rings. The third kappa shape index (κ3) is 2.02. The summed E-state index contributed by atoms with van der Waals surface area (Å²) in [4.78, 5) is 4.10. The number of methoxy groups -OCH3 is 1. The molecule has 0 amide bonds. The monoisotopic (exact) mass is 205 g/mol. The highest BCUT2D eigenvalue weighted by molar-refractivity contribution is 5.28. The second-order valence-corrected chi connectivity index (χ2v) is 3.81. The molecule has 0 saturated heterocycles. The van der Waals surface area contributed by atoms with Crippen molar-refractivity contribution >= 4 is 0 Å². The molecule has 0 saturated carbocycles. The molecule has 0 radical (unpaired) electrons. The number of nitrogens with zero attached hydrogens (tertiary/aromatic N) is 1. The van der Waals surface area contributed by atoms with Gasteiger partial charge in [-0.1, -0.05) is 12.2 Å². The SMILES string of the molecule is COc1ccc(C2(O)C=CCCC2)cn1. The van der Waals surface area contributed by atoms with Crippen LogP contribution in [0.25, 0.3) is 0 Å². The second kappa shape index (κ2) is 4.03. The van der Waals surface area contributed by atoms with Crippen LogP contribution >= 0.6 is 0 Å². The van der Waals surface area contributed by atoms with Crippen LogP contribution < -0.4 is 4.74 Å². The molecule has 1 N–H and O–H groups in total. The van der Waals surface area contributed by atoms with E-state index in [9.17, 15) is 5.11 Å². The topological polar surface area (TPSA) is 42.4 Å². The van der Waals surface area contributed by atoms with Crippen LogP contribution in [0, 0.1) is 0 Å². The van der Waals surface area contributed by atoms with Crippen molar-refractivity contribution in [2.45, 2.75) is 24.9 Å². The van der Waals surface area contributed by atoms with E-state index in [1.165, 1.54) is 0 Å². The van der Waals surface area contributed by atoms with Gasteiger partial charge in [0, 0.05) is 17.8 Å². The number of aromatic nitrogens is 1. The summed E-state index contributed by atoms with van der Waals surface area (Å²) in [6.07, 6.45) is 8.38. The Bertz CT molecular complexity index is 358. The van der Waals surface area contributed by atoms with Gasteiger partial charge in [-0.25, -0.2) is 4.98 Å². The van der Waals surface area contributed by atoms with Gasteiger partial charge < -0.3 is 9.84 Å². The van der Waals surface area contributed by atoms with Gasteiger partial charge in [0.05, 0.1) is 7.11 Å². The Hall–Kier alpha value is -1.35. The largest absolute Gasteiger partial charge is 0.481 e. The minimum Gasteiger partial charge on any atom is -0.481 e. The van der Waals surface area contributed by atoms with Gasteiger partial charge in [0.15, 0.2) is 0 Å². The van der Waals surface area contributed by atoms with E-state index in [1.807, 2.05) is 18.2 Å². The standard InChI is InChI=1S/C12H15NO2/c1-15-11-6-5-10(9-13-11)12(14)7-3-2-4-8-12/h3,5-7,9,14H,2,4,8H2,1H3. The molecule has 0 spiro atoms. The van der Waals surface area contributed by atoms with Crippen molar-refractivity contribution in [3.8, 4) is 5.88 Å². The molecule has 0 fully saturated rings. The van der Waals surface area contributed by atoms with Gasteiger partial charge in [-0.3, -0.25) is 0 Å². The maximum Gasteiger partial charge on any atom is 0.212 e. The highest BCUT2D eigenvalue weighted by Gasteiger charge is 2.27. The summed E-state index contributed by atoms with van der Waals surface area (Å²) in [5.41, 5.74) is -0.00315. The van der Waals surface area contributed by atoms with E-state index >= 15 is 0 Å². The van der Waals surface area contributed by atoms with Crippen molar-refractivity contribution in [3.63, 3.8) is 0 Å². The van der Waals surface area contributed by atoms with Crippen LogP contribution in [0.15, 0.2) is 30.5 Å². The molecular weight excluding hydrogens is 190 g/mol. The molecule has 1 atom stereocenters. The Morgan fingerprint density at radius 2 is 2.33 bits per heavy atom. The first kappa shape index (κ1) is 10.2. The third-order valence-electron chi connectivity index (χ3n) is 2.77. The van der Waals surface area contributed by atoms with Crippen LogP contribution in [0.1, 0.15) is 24.8 Å². The van der Waals surface area contributed by atoms with Crippen LogP contribution in [0.5, 0.6) is 5.88 Å². The van der Waals surface area contributed by atoms with Crippen LogP contribution in [0.4, 0.5) is 0 Å². The minimum atomic E-state index is -0.836. The quantitative estimate of drug-likeness (QED) is 0.751. The molecule has 15 heavy (non-hydrogen) atoms. The van der Waals surface area contributed by atoms with E-state index in [2.05, 4.69) is 4.98 Å². The smallest absolute Gasteiger partial charge is 0.212 e. The lowest BCUT2D eigenvalue weighted by molar-refractivity contribution is 0.0721. The number of pyridine rings is 1. The summed E-state index contributed by atoms with van der Waals surface area (Å²) in [6.45, 7) is 0. The maximum absolute atomic E-state index is 10.3. The molecular formula is C12H15NO2. The highest BCUT2D eigenvalue weighted by Crippen LogP contribution is 2.32. The Morgan fingerprint density at radius 3 is 2.87 bits per heavy atom. The molecule has 1 heterocycles. The average Bonchev–Trinajstić information content (AvgIpc) is 2.30. The normalized spacial score (nSPS) is 25.2. The Kier molecular flexibility index (Phi) is 2.73. The van der Waals surface area contributed by atoms with Crippen LogP contribution in [0.3, 0.4) is 0 Å². The number of aliphatic hydroxyl groups is 1. The van der Waals surface area contributed by atoms with Gasteiger partial charge in [-0.15, -0.1) is 0 Å². The Morgan fingerprint density at radius 1 is 1.47 bits per heavy atom. The van der Waals surface area contributed by atoms with Gasteiger partial charge in [0.1, 0.15) is 5.60 Å². The van der Waals surface area contributed by atoms with E-state index in [0.717, 1.165) is 24.8 Å². The van der Waals surface area contributed by atoms with Crippen LogP contribution in [0.2, 0.25) is 0 Å². The lowest BCUT2D eigenvalue weighted by Crippen LogP contribution is -2.24. The Balaban J connectivity index is 2.28. The average molecular weight is 205 g/mol. The van der Waals surface area contributed by atoms with Crippen LogP contribution in [-0.2, 0) is 5.60 Å². The Labute approximate surface area is 89.4 Å². The molecule has 0 aromatic carbocycles. The molecule has 2 rings (SSSR count). The minimum absolute atomic E-state index is 0.571. The molecule has 0 bridgehead atoms. The van der Waals surface area contributed by atoms with Crippen molar-refractivity contribution in [1.82, 2.24) is 4.98 Å². The number of rotatable bonds is 2. The molecule has 1 unspecified atom stereocenters. The molecule has 0 aliphatic heterocycles. The zero-order valence-corrected chi connectivity index (χ0v) is 8.81. The van der Waals surface area contributed by atoms with E-state index in [0.29, 0.717) is 5.88 Å². The summed E-state index contributed by atoms with van der Waals surface area (Å²) in [6, 6.07) is 3.64. The maximum atomic E-state index is 10.3. The van der Waals surface area contributed by atoms with Crippen molar-refractivity contribution in [2.75, 3.05) is 7.11 Å². The molecule has 3 heteroatoms. The van der Waals surface area contributed by atoms with Crippen LogP contribution in [-0.4, -0.2) is 17.2 Å². The van der Waals surface area contributed by atoms with Gasteiger partial charge >= 0.3 is 0 Å². The van der Waals surface area contributed by atoms with E-state index in [1.54, 1.807) is 19.4 Å². The highest BCUT2D eigenvalue weighted by atomic mass is 16.5. The fourth-order valence-corrected chi connectivity index (χ4v) is 1.85. The van der Waals surface area contributed by atoms with Gasteiger partial charge in [-0.2, -0.15) is 0 Å². The lowest BCUT2D eigenvalue weighted by atomic mass is 9.85. The second-order valence-electron chi connectivity index (χ2n) is 3.81. The number of ether oxygens (including phenoxy) is 1. The van der Waals surface area contributed by atoms with E-state index in [4.69, 9.17) is 4.74 Å². The summed E-state index contributed by atoms with van der Waals surface area (Å²) < 4.78 is 4.98. The number of allylic oxidation sites excluding steroid dienone is 1. The zero-order valence-electron chi connectivity index (χ0n) is 8.81.